The van der Waals surface area contributed by atoms with Crippen molar-refractivity contribution in [2.75, 3.05) is 26.9 Å². The molecule has 1 aromatic carbocycles. The number of carbonyl (C=O) groups excluding carboxylic acids is 1. The number of amides is 1. The number of methoxy groups -OCH3 is 1. The van der Waals surface area contributed by atoms with E-state index in [0.29, 0.717) is 30.9 Å². The average Bonchev–Trinajstić information content (AvgIpc) is 3.47. The molecule has 4 rings (SSSR count). The summed E-state index contributed by atoms with van der Waals surface area (Å²) in [4.78, 5) is 13.3. The number of hydrogen-bond donors (Lipinski definition) is 3. The number of fused-ring (bicyclic) bond motifs is 1. The van der Waals surface area contributed by atoms with E-state index in [4.69, 9.17) is 15.2 Å². The number of aliphatic hydroxyl groups excluding tert-OH is 1. The molecule has 4 N–H and O–H groups in total. The summed E-state index contributed by atoms with van der Waals surface area (Å²) in [5.41, 5.74) is 9.81. The summed E-state index contributed by atoms with van der Waals surface area (Å²) in [7, 11) is 1.70. The average molecular weight is 581 g/mol. The molecular weight excluding hydrogens is 528 g/mol. The van der Waals surface area contributed by atoms with E-state index in [0.717, 1.165) is 62.8 Å². The van der Waals surface area contributed by atoms with Gasteiger partial charge in [-0.15, -0.1) is 0 Å². The molecule has 2 fully saturated rings. The van der Waals surface area contributed by atoms with Gasteiger partial charge in [-0.2, -0.15) is 5.26 Å². The fourth-order valence-corrected chi connectivity index (χ4v) is 6.80. The molecule has 8 heteroatoms. The van der Waals surface area contributed by atoms with Gasteiger partial charge in [0, 0.05) is 68.6 Å². The van der Waals surface area contributed by atoms with Crippen LogP contribution in [-0.4, -0.2) is 60.7 Å². The topological polar surface area (TPSA) is 123 Å². The quantitative estimate of drug-likeness (QED) is 0.260. The monoisotopic (exact) mass is 580 g/mol. The maximum atomic E-state index is 13.3. The van der Waals surface area contributed by atoms with Gasteiger partial charge in [-0.3, -0.25) is 4.79 Å². The number of nitrogens with one attached hydrogen (secondary N) is 1. The van der Waals surface area contributed by atoms with Gasteiger partial charge in [0.15, 0.2) is 0 Å². The molecule has 1 spiro atoms. The van der Waals surface area contributed by atoms with E-state index in [1.807, 2.05) is 6.20 Å². The van der Waals surface area contributed by atoms with Crippen LogP contribution in [0.2, 0.25) is 0 Å². The summed E-state index contributed by atoms with van der Waals surface area (Å²) in [5, 5.41) is 25.1. The first-order valence-electron chi connectivity index (χ1n) is 15.9. The summed E-state index contributed by atoms with van der Waals surface area (Å²) >= 11 is 0. The SMILES string of the molecule is COCCCn1cc(C#N)c2ccc(CC(CC(N)C(O)CC(C(=O)N[C@@H]3CC34CCOCC4)C(C)C)C(C)C)cc21. The molecular formula is C34H52N4O4. The van der Waals surface area contributed by atoms with Crippen molar-refractivity contribution in [2.24, 2.45) is 34.8 Å². The van der Waals surface area contributed by atoms with Crippen molar-refractivity contribution in [3.05, 3.63) is 35.5 Å². The standard InChI is InChI=1S/C34H52N4O4/c1-22(2)25(15-24-7-8-27-26(20-35)21-38(30(27)16-24)11-6-12-41-5)17-29(36)31(39)18-28(23(3)4)33(40)37-32-19-34(32)9-13-42-14-10-34/h7-8,16,21-23,25,28-29,31-32,39H,6,9-15,17-19,36H2,1-5H3,(H,37,40)/t25?,28?,29?,31?,32-/m1/s1. The van der Waals surface area contributed by atoms with Gasteiger partial charge in [0.05, 0.1) is 11.7 Å². The van der Waals surface area contributed by atoms with Gasteiger partial charge < -0.3 is 30.2 Å². The number of rotatable bonds is 15. The first-order valence-corrected chi connectivity index (χ1v) is 15.9. The van der Waals surface area contributed by atoms with Crippen LogP contribution >= 0.6 is 0 Å². The van der Waals surface area contributed by atoms with Crippen LogP contribution in [0.1, 0.15) is 77.3 Å². The van der Waals surface area contributed by atoms with Gasteiger partial charge in [0.25, 0.3) is 0 Å². The highest BCUT2D eigenvalue weighted by Gasteiger charge is 2.55. The normalized spacial score (nSPS) is 20.9. The van der Waals surface area contributed by atoms with Gasteiger partial charge in [0.2, 0.25) is 5.91 Å². The molecule has 1 amide bonds. The predicted molar refractivity (Wildman–Crippen MR) is 166 cm³/mol. The lowest BCUT2D eigenvalue weighted by Gasteiger charge is -2.30. The maximum Gasteiger partial charge on any atom is 0.223 e. The van der Waals surface area contributed by atoms with Gasteiger partial charge in [0.1, 0.15) is 6.07 Å². The Bertz CT molecular complexity index is 1230. The second-order valence-corrected chi connectivity index (χ2v) is 13.5. The molecule has 0 radical (unpaired) electrons. The van der Waals surface area contributed by atoms with E-state index in [1.165, 1.54) is 5.56 Å². The van der Waals surface area contributed by atoms with Crippen LogP contribution in [0.25, 0.3) is 10.9 Å². The number of aliphatic hydroxyl groups is 1. The number of hydrogen-bond acceptors (Lipinski definition) is 6. The molecule has 2 aromatic rings. The first kappa shape index (κ1) is 32.5. The smallest absolute Gasteiger partial charge is 0.223 e. The van der Waals surface area contributed by atoms with Crippen LogP contribution < -0.4 is 11.1 Å². The van der Waals surface area contributed by atoms with E-state index < -0.39 is 12.1 Å². The summed E-state index contributed by atoms with van der Waals surface area (Å²) < 4.78 is 12.9. The molecule has 5 atom stereocenters. The summed E-state index contributed by atoms with van der Waals surface area (Å²) in [6.45, 7) is 11.5. The zero-order chi connectivity index (χ0) is 30.4. The van der Waals surface area contributed by atoms with Crippen LogP contribution in [-0.2, 0) is 27.2 Å². The molecule has 4 unspecified atom stereocenters. The second-order valence-electron chi connectivity index (χ2n) is 13.5. The fourth-order valence-electron chi connectivity index (χ4n) is 6.80. The number of benzene rings is 1. The molecule has 2 aliphatic rings. The van der Waals surface area contributed by atoms with E-state index in [1.54, 1.807) is 7.11 Å². The Kier molecular flexibility index (Phi) is 11.1. The van der Waals surface area contributed by atoms with Crippen molar-refractivity contribution in [1.82, 2.24) is 9.88 Å². The Labute approximate surface area is 251 Å². The van der Waals surface area contributed by atoms with Crippen molar-refractivity contribution in [3.8, 4) is 6.07 Å². The Hall–Kier alpha value is -2.44. The van der Waals surface area contributed by atoms with E-state index >= 15 is 0 Å². The number of carbonyl (C=O) groups is 1. The van der Waals surface area contributed by atoms with Crippen LogP contribution in [0.4, 0.5) is 0 Å². The van der Waals surface area contributed by atoms with Crippen molar-refractivity contribution in [2.45, 2.75) is 97.4 Å². The first-order chi connectivity index (χ1) is 20.1. The van der Waals surface area contributed by atoms with Crippen molar-refractivity contribution in [1.29, 1.82) is 5.26 Å². The molecule has 2 heterocycles. The molecule has 232 valence electrons. The van der Waals surface area contributed by atoms with Crippen molar-refractivity contribution >= 4 is 16.8 Å². The van der Waals surface area contributed by atoms with Crippen molar-refractivity contribution in [3.63, 3.8) is 0 Å². The van der Waals surface area contributed by atoms with Crippen LogP contribution in [0.3, 0.4) is 0 Å². The largest absolute Gasteiger partial charge is 0.391 e. The summed E-state index contributed by atoms with van der Waals surface area (Å²) in [6.07, 6.45) is 7.00. The third kappa shape index (κ3) is 7.74. The second kappa shape index (κ2) is 14.4. The van der Waals surface area contributed by atoms with Crippen LogP contribution in [0.15, 0.2) is 24.4 Å². The van der Waals surface area contributed by atoms with Gasteiger partial charge in [-0.05, 0) is 79.7 Å². The zero-order valence-corrected chi connectivity index (χ0v) is 26.3. The third-order valence-electron chi connectivity index (χ3n) is 9.96. The predicted octanol–water partition coefficient (Wildman–Crippen LogP) is 4.79. The molecule has 1 aliphatic heterocycles. The molecule has 1 aliphatic carbocycles. The Balaban J connectivity index is 1.38. The third-order valence-corrected chi connectivity index (χ3v) is 9.96. The minimum Gasteiger partial charge on any atom is -0.391 e. The lowest BCUT2D eigenvalue weighted by molar-refractivity contribution is -0.128. The molecule has 1 aromatic heterocycles. The number of aromatic nitrogens is 1. The molecule has 0 bridgehead atoms. The minimum absolute atomic E-state index is 0.0450. The number of nitriles is 1. The highest BCUT2D eigenvalue weighted by atomic mass is 16.5. The number of nitrogens with two attached hydrogens (primary N) is 1. The lowest BCUT2D eigenvalue weighted by atomic mass is 9.80. The Morgan fingerprint density at radius 3 is 2.62 bits per heavy atom. The summed E-state index contributed by atoms with van der Waals surface area (Å²) in [5.74, 6) is 0.525. The van der Waals surface area contributed by atoms with E-state index in [-0.39, 0.29) is 35.1 Å². The zero-order valence-electron chi connectivity index (χ0n) is 26.3. The molecule has 42 heavy (non-hydrogen) atoms. The highest BCUT2D eigenvalue weighted by Crippen LogP contribution is 2.53. The van der Waals surface area contributed by atoms with Gasteiger partial charge >= 0.3 is 0 Å². The number of nitrogens with zero attached hydrogens (tertiary/aromatic N) is 2. The Morgan fingerprint density at radius 2 is 1.98 bits per heavy atom. The maximum absolute atomic E-state index is 13.3. The number of ether oxygens (including phenoxy) is 2. The summed E-state index contributed by atoms with van der Waals surface area (Å²) in [6, 6.07) is 8.51. The molecule has 1 saturated heterocycles. The van der Waals surface area contributed by atoms with E-state index in [2.05, 4.69) is 61.8 Å². The van der Waals surface area contributed by atoms with Crippen LogP contribution in [0, 0.1) is 40.4 Å². The Morgan fingerprint density at radius 1 is 1.24 bits per heavy atom. The molecule has 1 saturated carbocycles. The minimum atomic E-state index is -0.751. The van der Waals surface area contributed by atoms with Crippen molar-refractivity contribution < 1.29 is 19.4 Å². The molecule has 8 nitrogen and oxygen atoms in total. The fraction of sp³-hybridized carbons (Fsp3) is 0.706. The van der Waals surface area contributed by atoms with E-state index in [9.17, 15) is 15.2 Å². The lowest BCUT2D eigenvalue weighted by Crippen LogP contribution is -2.44. The van der Waals surface area contributed by atoms with Gasteiger partial charge in [-0.25, -0.2) is 0 Å². The number of aryl methyl sites for hydroxylation is 1. The van der Waals surface area contributed by atoms with Crippen LogP contribution in [0.5, 0.6) is 0 Å². The van der Waals surface area contributed by atoms with Gasteiger partial charge in [-0.1, -0.05) is 39.8 Å². The highest BCUT2D eigenvalue weighted by molar-refractivity contribution is 5.87.